The smallest absolute Gasteiger partial charge is 0.119 e. The molecular weight excluding hydrogens is 450 g/mol. The van der Waals surface area contributed by atoms with Crippen LogP contribution in [0.2, 0.25) is 0 Å². The molecule has 0 N–H and O–H groups in total. The molecule has 37 heavy (non-hydrogen) atoms. The molecule has 0 aliphatic carbocycles. The van der Waals surface area contributed by atoms with E-state index in [2.05, 4.69) is 138 Å². The Morgan fingerprint density at radius 1 is 0.405 bits per heavy atom. The van der Waals surface area contributed by atoms with Crippen LogP contribution < -0.4 is 4.74 Å². The van der Waals surface area contributed by atoms with E-state index in [1.54, 1.807) is 7.11 Å². The number of ether oxygens (including phenoxy) is 1. The van der Waals surface area contributed by atoms with Crippen molar-refractivity contribution < 1.29 is 4.74 Å². The van der Waals surface area contributed by atoms with Gasteiger partial charge in [-0.1, -0.05) is 121 Å². The van der Waals surface area contributed by atoms with Crippen LogP contribution >= 0.6 is 0 Å². The van der Waals surface area contributed by atoms with Gasteiger partial charge in [-0.3, -0.25) is 0 Å². The Labute approximate surface area is 218 Å². The number of rotatable bonds is 6. The zero-order valence-corrected chi connectivity index (χ0v) is 20.7. The lowest BCUT2D eigenvalue weighted by atomic mass is 9.91. The van der Waals surface area contributed by atoms with Crippen molar-refractivity contribution in [3.8, 4) is 56.2 Å². The van der Waals surface area contributed by atoms with E-state index >= 15 is 0 Å². The number of aromatic nitrogens is 1. The standard InChI is InChI=1S/C35H27NO/c1-37-31-24-22-30(23-25-31)36-34(28-18-10-4-11-19-28)32(26-14-6-2-7-15-26)33(27-16-8-3-9-17-27)35(36)29-20-12-5-13-21-29/h2-25H,1H3. The van der Waals surface area contributed by atoms with Gasteiger partial charge in [0.05, 0.1) is 18.5 Å². The van der Waals surface area contributed by atoms with E-state index in [0.717, 1.165) is 34.0 Å². The largest absolute Gasteiger partial charge is 0.497 e. The second kappa shape index (κ2) is 10.0. The molecule has 2 heteroatoms. The third-order valence-corrected chi connectivity index (χ3v) is 6.72. The quantitative estimate of drug-likeness (QED) is 0.233. The van der Waals surface area contributed by atoms with Gasteiger partial charge in [-0.25, -0.2) is 0 Å². The lowest BCUT2D eigenvalue weighted by Crippen LogP contribution is -2.00. The first kappa shape index (κ1) is 22.6. The maximum Gasteiger partial charge on any atom is 0.119 e. The minimum absolute atomic E-state index is 0.838. The fourth-order valence-corrected chi connectivity index (χ4v) is 5.07. The molecule has 6 rings (SSSR count). The zero-order chi connectivity index (χ0) is 25.0. The minimum Gasteiger partial charge on any atom is -0.497 e. The summed E-state index contributed by atoms with van der Waals surface area (Å²) >= 11 is 0. The van der Waals surface area contributed by atoms with Gasteiger partial charge in [0, 0.05) is 16.8 Å². The van der Waals surface area contributed by atoms with Crippen molar-refractivity contribution in [2.45, 2.75) is 0 Å². The van der Waals surface area contributed by atoms with Gasteiger partial charge in [0.25, 0.3) is 0 Å². The van der Waals surface area contributed by atoms with Gasteiger partial charge in [-0.15, -0.1) is 0 Å². The van der Waals surface area contributed by atoms with E-state index in [0.29, 0.717) is 0 Å². The van der Waals surface area contributed by atoms with Crippen molar-refractivity contribution in [2.75, 3.05) is 7.11 Å². The number of benzene rings is 5. The van der Waals surface area contributed by atoms with Gasteiger partial charge in [0.1, 0.15) is 5.75 Å². The van der Waals surface area contributed by atoms with E-state index in [-0.39, 0.29) is 0 Å². The summed E-state index contributed by atoms with van der Waals surface area (Å²) in [6.07, 6.45) is 0. The molecule has 0 saturated carbocycles. The van der Waals surface area contributed by atoms with Crippen LogP contribution in [0.3, 0.4) is 0 Å². The van der Waals surface area contributed by atoms with E-state index < -0.39 is 0 Å². The van der Waals surface area contributed by atoms with Crippen LogP contribution in [0.1, 0.15) is 0 Å². The molecule has 6 aromatic rings. The molecule has 0 fully saturated rings. The highest BCUT2D eigenvalue weighted by Gasteiger charge is 2.27. The zero-order valence-electron chi connectivity index (χ0n) is 20.7. The van der Waals surface area contributed by atoms with Gasteiger partial charge in [0.15, 0.2) is 0 Å². The van der Waals surface area contributed by atoms with Crippen molar-refractivity contribution in [1.29, 1.82) is 0 Å². The summed E-state index contributed by atoms with van der Waals surface area (Å²) in [5.41, 5.74) is 10.5. The highest BCUT2D eigenvalue weighted by Crippen LogP contribution is 2.49. The van der Waals surface area contributed by atoms with Gasteiger partial charge in [-0.2, -0.15) is 0 Å². The molecule has 0 aliphatic rings. The van der Waals surface area contributed by atoms with Gasteiger partial charge in [-0.05, 0) is 46.5 Å². The molecule has 2 nitrogen and oxygen atoms in total. The maximum atomic E-state index is 5.49. The Bertz CT molecular complexity index is 1500. The predicted molar refractivity (Wildman–Crippen MR) is 154 cm³/mol. The summed E-state index contributed by atoms with van der Waals surface area (Å²) < 4.78 is 7.90. The summed E-state index contributed by atoms with van der Waals surface area (Å²) in [5, 5.41) is 0. The van der Waals surface area contributed by atoms with Gasteiger partial charge in [0.2, 0.25) is 0 Å². The molecule has 0 unspecified atom stereocenters. The Balaban J connectivity index is 1.83. The molecule has 0 radical (unpaired) electrons. The maximum absolute atomic E-state index is 5.49. The summed E-state index contributed by atoms with van der Waals surface area (Å²) in [5.74, 6) is 0.838. The van der Waals surface area contributed by atoms with Crippen LogP contribution in [0.4, 0.5) is 0 Å². The summed E-state index contributed by atoms with van der Waals surface area (Å²) in [7, 11) is 1.70. The van der Waals surface area contributed by atoms with Crippen molar-refractivity contribution in [3.05, 3.63) is 146 Å². The normalized spacial score (nSPS) is 10.8. The Morgan fingerprint density at radius 3 is 1.11 bits per heavy atom. The molecular formula is C35H27NO. The lowest BCUT2D eigenvalue weighted by Gasteiger charge is -2.16. The van der Waals surface area contributed by atoms with Crippen LogP contribution in [-0.2, 0) is 0 Å². The van der Waals surface area contributed by atoms with Crippen molar-refractivity contribution >= 4 is 0 Å². The van der Waals surface area contributed by atoms with Crippen molar-refractivity contribution in [1.82, 2.24) is 4.57 Å². The summed E-state index contributed by atoms with van der Waals surface area (Å²) in [4.78, 5) is 0. The number of hydrogen-bond donors (Lipinski definition) is 0. The lowest BCUT2D eigenvalue weighted by molar-refractivity contribution is 0.415. The molecule has 1 heterocycles. The highest BCUT2D eigenvalue weighted by molar-refractivity contribution is 6.03. The SMILES string of the molecule is COc1ccc(-n2c(-c3ccccc3)c(-c3ccccc3)c(-c3ccccc3)c2-c2ccccc2)cc1. The number of nitrogens with zero attached hydrogens (tertiary/aromatic N) is 1. The monoisotopic (exact) mass is 477 g/mol. The molecule has 0 amide bonds. The van der Waals surface area contributed by atoms with Crippen molar-refractivity contribution in [3.63, 3.8) is 0 Å². The third-order valence-electron chi connectivity index (χ3n) is 6.72. The van der Waals surface area contributed by atoms with E-state index in [1.165, 1.54) is 22.3 Å². The first-order valence-corrected chi connectivity index (χ1v) is 12.5. The molecule has 5 aromatic carbocycles. The van der Waals surface area contributed by atoms with Crippen molar-refractivity contribution in [2.24, 2.45) is 0 Å². The second-order valence-electron chi connectivity index (χ2n) is 8.94. The average Bonchev–Trinajstić information content (AvgIpc) is 3.35. The number of methoxy groups -OCH3 is 1. The molecule has 1 aromatic heterocycles. The van der Waals surface area contributed by atoms with Crippen LogP contribution in [0, 0.1) is 0 Å². The molecule has 0 saturated heterocycles. The van der Waals surface area contributed by atoms with Crippen LogP contribution in [0.5, 0.6) is 5.75 Å². The molecule has 0 aliphatic heterocycles. The van der Waals surface area contributed by atoms with Crippen LogP contribution in [0.15, 0.2) is 146 Å². The van der Waals surface area contributed by atoms with E-state index in [9.17, 15) is 0 Å². The third kappa shape index (κ3) is 4.23. The van der Waals surface area contributed by atoms with Gasteiger partial charge >= 0.3 is 0 Å². The Kier molecular flexibility index (Phi) is 6.14. The second-order valence-corrected chi connectivity index (χ2v) is 8.94. The molecule has 0 atom stereocenters. The van der Waals surface area contributed by atoms with Crippen LogP contribution in [0.25, 0.3) is 50.5 Å². The molecule has 0 spiro atoms. The predicted octanol–water partition coefficient (Wildman–Crippen LogP) is 9.15. The van der Waals surface area contributed by atoms with Crippen LogP contribution in [-0.4, -0.2) is 11.7 Å². The number of hydrogen-bond acceptors (Lipinski definition) is 1. The summed E-state index contributed by atoms with van der Waals surface area (Å²) in [6, 6.07) is 51.2. The summed E-state index contributed by atoms with van der Waals surface area (Å²) in [6.45, 7) is 0. The molecule has 0 bridgehead atoms. The first-order chi connectivity index (χ1) is 18.3. The Hall–Kier alpha value is -4.82. The van der Waals surface area contributed by atoms with E-state index in [4.69, 9.17) is 4.74 Å². The molecule has 178 valence electrons. The fraction of sp³-hybridized carbons (Fsp3) is 0.0286. The van der Waals surface area contributed by atoms with E-state index in [1.807, 2.05) is 12.1 Å². The first-order valence-electron chi connectivity index (χ1n) is 12.5. The van der Waals surface area contributed by atoms with Gasteiger partial charge < -0.3 is 9.30 Å². The average molecular weight is 478 g/mol. The fourth-order valence-electron chi connectivity index (χ4n) is 5.07. The highest BCUT2D eigenvalue weighted by atomic mass is 16.5. The topological polar surface area (TPSA) is 14.2 Å². The minimum atomic E-state index is 0.838. The Morgan fingerprint density at radius 2 is 0.757 bits per heavy atom.